The van der Waals surface area contributed by atoms with Crippen LogP contribution in [-0.2, 0) is 4.79 Å². The molecule has 24 heavy (non-hydrogen) atoms. The first kappa shape index (κ1) is 20.7. The normalized spacial score (nSPS) is 12.3. The van der Waals surface area contributed by atoms with Gasteiger partial charge in [-0.1, -0.05) is 43.6 Å². The molecule has 0 spiro atoms. The largest absolute Gasteiger partial charge is 0.492 e. The topological polar surface area (TPSA) is 55.4 Å². The summed E-state index contributed by atoms with van der Waals surface area (Å²) >= 11 is 3.44. The van der Waals surface area contributed by atoms with Crippen molar-refractivity contribution in [3.8, 4) is 5.75 Å². The van der Waals surface area contributed by atoms with E-state index in [-0.39, 0.29) is 28.4 Å². The number of alkyl halides is 1. The zero-order valence-electron chi connectivity index (χ0n) is 15.2. The van der Waals surface area contributed by atoms with Gasteiger partial charge in [0.1, 0.15) is 5.75 Å². The molecule has 0 saturated carbocycles. The minimum Gasteiger partial charge on any atom is -0.492 e. The van der Waals surface area contributed by atoms with Gasteiger partial charge < -0.3 is 10.1 Å². The number of carbonyl (C=O) groups is 2. The van der Waals surface area contributed by atoms with E-state index in [2.05, 4.69) is 21.2 Å². The van der Waals surface area contributed by atoms with E-state index in [1.165, 1.54) is 0 Å². The lowest BCUT2D eigenvalue weighted by Crippen LogP contribution is -2.23. The lowest BCUT2D eigenvalue weighted by atomic mass is 10.00. The van der Waals surface area contributed by atoms with Gasteiger partial charge in [-0.05, 0) is 43.9 Å². The molecule has 0 heterocycles. The summed E-state index contributed by atoms with van der Waals surface area (Å²) in [7, 11) is 0. The Morgan fingerprint density at radius 1 is 1.17 bits per heavy atom. The van der Waals surface area contributed by atoms with Gasteiger partial charge >= 0.3 is 0 Å². The van der Waals surface area contributed by atoms with E-state index in [1.807, 2.05) is 34.6 Å². The number of hydrogen-bond donors (Lipinski definition) is 1. The van der Waals surface area contributed by atoms with Crippen LogP contribution < -0.4 is 10.1 Å². The Morgan fingerprint density at radius 2 is 1.79 bits per heavy atom. The van der Waals surface area contributed by atoms with Crippen LogP contribution in [0.2, 0.25) is 0 Å². The van der Waals surface area contributed by atoms with Gasteiger partial charge in [0.15, 0.2) is 5.78 Å². The molecule has 134 valence electrons. The van der Waals surface area contributed by atoms with Gasteiger partial charge in [-0.2, -0.15) is 0 Å². The van der Waals surface area contributed by atoms with Gasteiger partial charge in [-0.25, -0.2) is 0 Å². The molecule has 4 nitrogen and oxygen atoms in total. The first-order valence-electron chi connectivity index (χ1n) is 8.61. The van der Waals surface area contributed by atoms with E-state index < -0.39 is 0 Å². The van der Waals surface area contributed by atoms with E-state index in [0.29, 0.717) is 23.6 Å². The highest BCUT2D eigenvalue weighted by Gasteiger charge is 2.22. The van der Waals surface area contributed by atoms with Crippen LogP contribution in [0, 0.1) is 11.8 Å². The third-order valence-corrected chi connectivity index (χ3v) is 5.49. The van der Waals surface area contributed by atoms with Gasteiger partial charge in [0.2, 0.25) is 5.91 Å². The lowest BCUT2D eigenvalue weighted by Gasteiger charge is -2.17. The molecule has 1 amide bonds. The molecule has 5 heteroatoms. The first-order chi connectivity index (χ1) is 11.3. The van der Waals surface area contributed by atoms with Crippen molar-refractivity contribution < 1.29 is 14.3 Å². The molecule has 1 unspecified atom stereocenters. The third kappa shape index (κ3) is 5.33. The number of benzene rings is 1. The zero-order valence-corrected chi connectivity index (χ0v) is 16.8. The van der Waals surface area contributed by atoms with Crippen molar-refractivity contribution in [2.45, 2.75) is 52.3 Å². The molecule has 0 aliphatic heterocycles. The molecule has 1 aromatic carbocycles. The van der Waals surface area contributed by atoms with Crippen LogP contribution in [0.5, 0.6) is 5.75 Å². The highest BCUT2D eigenvalue weighted by Crippen LogP contribution is 2.29. The zero-order chi connectivity index (χ0) is 18.3. The second kappa shape index (κ2) is 9.82. The second-order valence-electron chi connectivity index (χ2n) is 6.16. The molecule has 1 aromatic rings. The van der Waals surface area contributed by atoms with E-state index >= 15 is 0 Å². The van der Waals surface area contributed by atoms with Crippen LogP contribution in [0.3, 0.4) is 0 Å². The number of nitrogens with one attached hydrogen (secondary N) is 1. The number of Topliss-reactive ketones (excluding diaryl/α,β-unsaturated/α-hetero) is 1. The summed E-state index contributed by atoms with van der Waals surface area (Å²) in [5.41, 5.74) is 1.19. The SMILES string of the molecule is CCOc1cc(C(=O)C(Br)C(C)C)ccc1NC(=O)C(CC)CC. The van der Waals surface area contributed by atoms with Crippen molar-refractivity contribution in [1.82, 2.24) is 0 Å². The number of anilines is 1. The summed E-state index contributed by atoms with van der Waals surface area (Å²) in [5, 5.41) is 2.93. The molecule has 0 aromatic heterocycles. The molecule has 0 aliphatic carbocycles. The van der Waals surface area contributed by atoms with Gasteiger partial charge in [-0.15, -0.1) is 0 Å². The molecule has 0 radical (unpaired) electrons. The molecule has 1 N–H and O–H groups in total. The van der Waals surface area contributed by atoms with E-state index in [9.17, 15) is 9.59 Å². The molecule has 0 bridgehead atoms. The van der Waals surface area contributed by atoms with Gasteiger partial charge in [0.05, 0.1) is 17.1 Å². The summed E-state index contributed by atoms with van der Waals surface area (Å²) in [6.07, 6.45) is 1.59. The van der Waals surface area contributed by atoms with Crippen LogP contribution in [-0.4, -0.2) is 23.1 Å². The minimum absolute atomic E-state index is 0.0134. The quantitative estimate of drug-likeness (QED) is 0.467. The maximum atomic E-state index is 12.5. The number of ketones is 1. The minimum atomic E-state index is -0.239. The van der Waals surface area contributed by atoms with Crippen LogP contribution >= 0.6 is 15.9 Å². The number of hydrogen-bond acceptors (Lipinski definition) is 3. The number of halogens is 1. The Labute approximate surface area is 153 Å². The highest BCUT2D eigenvalue weighted by atomic mass is 79.9. The predicted octanol–water partition coefficient (Wildman–Crippen LogP) is 5.06. The van der Waals surface area contributed by atoms with Crippen molar-refractivity contribution in [3.05, 3.63) is 23.8 Å². The molecule has 0 aliphatic rings. The highest BCUT2D eigenvalue weighted by molar-refractivity contribution is 9.10. The summed E-state index contributed by atoms with van der Waals surface area (Å²) < 4.78 is 5.63. The molecular formula is C19H28BrNO3. The predicted molar refractivity (Wildman–Crippen MR) is 102 cm³/mol. The van der Waals surface area contributed by atoms with Crippen molar-refractivity contribution in [2.24, 2.45) is 11.8 Å². The lowest BCUT2D eigenvalue weighted by molar-refractivity contribution is -0.120. The smallest absolute Gasteiger partial charge is 0.227 e. The first-order valence-corrected chi connectivity index (χ1v) is 9.53. The average Bonchev–Trinajstić information content (AvgIpc) is 2.56. The van der Waals surface area contributed by atoms with Gasteiger partial charge in [0.25, 0.3) is 0 Å². The van der Waals surface area contributed by atoms with Gasteiger partial charge in [-0.3, -0.25) is 9.59 Å². The second-order valence-corrected chi connectivity index (χ2v) is 7.14. The fourth-order valence-electron chi connectivity index (χ4n) is 2.41. The van der Waals surface area contributed by atoms with E-state index in [4.69, 9.17) is 4.74 Å². The molecular weight excluding hydrogens is 370 g/mol. The van der Waals surface area contributed by atoms with Crippen molar-refractivity contribution in [2.75, 3.05) is 11.9 Å². The third-order valence-electron chi connectivity index (χ3n) is 4.02. The maximum Gasteiger partial charge on any atom is 0.227 e. The molecule has 0 fully saturated rings. The summed E-state index contributed by atoms with van der Waals surface area (Å²) in [6.45, 7) is 10.3. The monoisotopic (exact) mass is 397 g/mol. The Hall–Kier alpha value is -1.36. The number of ether oxygens (including phenoxy) is 1. The van der Waals surface area contributed by atoms with Crippen molar-refractivity contribution in [1.29, 1.82) is 0 Å². The van der Waals surface area contributed by atoms with Gasteiger partial charge in [0, 0.05) is 11.5 Å². The van der Waals surface area contributed by atoms with Crippen LogP contribution in [0.4, 0.5) is 5.69 Å². The average molecular weight is 398 g/mol. The Kier molecular flexibility index (Phi) is 8.46. The fourth-order valence-corrected chi connectivity index (χ4v) is 2.67. The van der Waals surface area contributed by atoms with Crippen molar-refractivity contribution in [3.63, 3.8) is 0 Å². The Balaban J connectivity index is 3.07. The van der Waals surface area contributed by atoms with E-state index in [1.54, 1.807) is 18.2 Å². The van der Waals surface area contributed by atoms with Crippen molar-refractivity contribution >= 4 is 33.3 Å². The fraction of sp³-hybridized carbons (Fsp3) is 0.579. The summed E-state index contributed by atoms with van der Waals surface area (Å²) in [6, 6.07) is 5.20. The standard InChI is InChI=1S/C19H28BrNO3/c1-6-13(7-2)19(23)21-15-10-9-14(11-16(15)24-8-3)18(22)17(20)12(4)5/h9-13,17H,6-8H2,1-5H3,(H,21,23). The number of rotatable bonds is 9. The van der Waals surface area contributed by atoms with Crippen LogP contribution in [0.15, 0.2) is 18.2 Å². The summed E-state index contributed by atoms with van der Waals surface area (Å²) in [5.74, 6) is 0.714. The molecule has 0 saturated heterocycles. The molecule has 1 rings (SSSR count). The Morgan fingerprint density at radius 3 is 2.29 bits per heavy atom. The summed E-state index contributed by atoms with van der Waals surface area (Å²) in [4.78, 5) is 24.6. The molecule has 1 atom stereocenters. The van der Waals surface area contributed by atoms with Crippen LogP contribution in [0.1, 0.15) is 57.8 Å². The number of carbonyl (C=O) groups excluding carboxylic acids is 2. The Bertz CT molecular complexity index is 568. The maximum absolute atomic E-state index is 12.5. The van der Waals surface area contributed by atoms with E-state index in [0.717, 1.165) is 12.8 Å². The number of amides is 1. The van der Waals surface area contributed by atoms with Crippen LogP contribution in [0.25, 0.3) is 0 Å².